The number of rotatable bonds is 5. The van der Waals surface area contributed by atoms with Crippen LogP contribution in [0.3, 0.4) is 0 Å². The highest BCUT2D eigenvalue weighted by Crippen LogP contribution is 2.29. The first-order chi connectivity index (χ1) is 7.50. The number of hydrogen-bond acceptors (Lipinski definition) is 2. The molecule has 0 radical (unpaired) electrons. The third-order valence-electron chi connectivity index (χ3n) is 2.15. The van der Waals surface area contributed by atoms with Crippen molar-refractivity contribution in [1.29, 1.82) is 0 Å². The van der Waals surface area contributed by atoms with Crippen molar-refractivity contribution in [2.24, 2.45) is 0 Å². The predicted octanol–water partition coefficient (Wildman–Crippen LogP) is 2.87. The van der Waals surface area contributed by atoms with E-state index in [2.05, 4.69) is 4.74 Å². The van der Waals surface area contributed by atoms with Gasteiger partial charge in [-0.1, -0.05) is 25.1 Å². The van der Waals surface area contributed by atoms with Crippen LogP contribution in [0.1, 0.15) is 24.8 Å². The molecule has 1 aromatic rings. The Morgan fingerprint density at radius 2 is 2.06 bits per heavy atom. The van der Waals surface area contributed by atoms with Crippen LogP contribution in [-0.2, 0) is 4.79 Å². The highest BCUT2D eigenvalue weighted by Gasteiger charge is 2.16. The number of para-hydroxylation sites is 1. The van der Waals surface area contributed by atoms with Crippen molar-refractivity contribution < 1.29 is 23.4 Å². The highest BCUT2D eigenvalue weighted by molar-refractivity contribution is 5.68. The maximum Gasteiger partial charge on any atom is 0.387 e. The smallest absolute Gasteiger partial charge is 0.387 e. The SMILES string of the molecule is C[C@H](CC(=O)O)c1ccccc1OC(F)F. The first-order valence-electron chi connectivity index (χ1n) is 4.76. The molecule has 0 unspecified atom stereocenters. The van der Waals surface area contributed by atoms with Crippen molar-refractivity contribution in [3.05, 3.63) is 29.8 Å². The molecule has 1 aromatic carbocycles. The van der Waals surface area contributed by atoms with Crippen LogP contribution in [0.2, 0.25) is 0 Å². The lowest BCUT2D eigenvalue weighted by atomic mass is 9.97. The molecule has 0 fully saturated rings. The molecule has 0 saturated heterocycles. The van der Waals surface area contributed by atoms with Crippen LogP contribution in [0.4, 0.5) is 8.78 Å². The van der Waals surface area contributed by atoms with Crippen LogP contribution in [0, 0.1) is 0 Å². The molecule has 0 spiro atoms. The van der Waals surface area contributed by atoms with Crippen molar-refractivity contribution >= 4 is 5.97 Å². The molecule has 0 saturated carbocycles. The van der Waals surface area contributed by atoms with Gasteiger partial charge in [0.05, 0.1) is 6.42 Å². The van der Waals surface area contributed by atoms with Gasteiger partial charge in [-0.2, -0.15) is 8.78 Å². The second-order valence-corrected chi connectivity index (χ2v) is 3.42. The summed E-state index contributed by atoms with van der Waals surface area (Å²) < 4.78 is 28.5. The Balaban J connectivity index is 2.89. The molecular weight excluding hydrogens is 218 g/mol. The lowest BCUT2D eigenvalue weighted by Gasteiger charge is -2.14. The summed E-state index contributed by atoms with van der Waals surface area (Å²) in [6.07, 6.45) is -0.121. The Kier molecular flexibility index (Phi) is 4.22. The van der Waals surface area contributed by atoms with Gasteiger partial charge in [0.1, 0.15) is 5.75 Å². The lowest BCUT2D eigenvalue weighted by molar-refractivity contribution is -0.137. The molecule has 0 aliphatic heterocycles. The molecule has 1 atom stereocenters. The van der Waals surface area contributed by atoms with Crippen LogP contribution in [-0.4, -0.2) is 17.7 Å². The van der Waals surface area contributed by atoms with Crippen LogP contribution in [0.5, 0.6) is 5.75 Å². The third-order valence-corrected chi connectivity index (χ3v) is 2.15. The second-order valence-electron chi connectivity index (χ2n) is 3.42. The average molecular weight is 230 g/mol. The van der Waals surface area contributed by atoms with E-state index in [1.807, 2.05) is 0 Å². The summed E-state index contributed by atoms with van der Waals surface area (Å²) in [6.45, 7) is -1.25. The Morgan fingerprint density at radius 3 is 2.62 bits per heavy atom. The number of carbonyl (C=O) groups is 1. The van der Waals surface area contributed by atoms with Gasteiger partial charge in [0.25, 0.3) is 0 Å². The molecule has 0 aromatic heterocycles. The summed E-state index contributed by atoms with van der Waals surface area (Å²) in [5, 5.41) is 8.63. The maximum atomic E-state index is 12.1. The molecule has 0 heterocycles. The molecule has 88 valence electrons. The molecule has 1 rings (SSSR count). The monoisotopic (exact) mass is 230 g/mol. The summed E-state index contributed by atoms with van der Waals surface area (Å²) in [7, 11) is 0. The lowest BCUT2D eigenvalue weighted by Crippen LogP contribution is -2.08. The number of carboxylic acid groups (broad SMARTS) is 1. The predicted molar refractivity (Wildman–Crippen MR) is 53.7 cm³/mol. The van der Waals surface area contributed by atoms with Gasteiger partial charge in [-0.05, 0) is 17.5 Å². The van der Waals surface area contributed by atoms with E-state index < -0.39 is 12.6 Å². The number of benzene rings is 1. The Morgan fingerprint density at radius 1 is 1.44 bits per heavy atom. The van der Waals surface area contributed by atoms with Gasteiger partial charge in [0.15, 0.2) is 0 Å². The number of hydrogen-bond donors (Lipinski definition) is 1. The van der Waals surface area contributed by atoms with Crippen molar-refractivity contribution in [2.45, 2.75) is 25.9 Å². The van der Waals surface area contributed by atoms with Crippen molar-refractivity contribution in [3.63, 3.8) is 0 Å². The van der Waals surface area contributed by atoms with Gasteiger partial charge in [0.2, 0.25) is 0 Å². The first-order valence-corrected chi connectivity index (χ1v) is 4.76. The second kappa shape index (κ2) is 5.44. The fraction of sp³-hybridized carbons (Fsp3) is 0.364. The topological polar surface area (TPSA) is 46.5 Å². The minimum atomic E-state index is -2.90. The number of ether oxygens (including phenoxy) is 1. The summed E-state index contributed by atoms with van der Waals surface area (Å²) >= 11 is 0. The zero-order chi connectivity index (χ0) is 12.1. The standard InChI is InChI=1S/C11H12F2O3/c1-7(6-10(14)15)8-4-2-3-5-9(8)16-11(12)13/h2-5,7,11H,6H2,1H3,(H,14,15)/t7-/m1/s1. The van der Waals surface area contributed by atoms with E-state index in [0.29, 0.717) is 5.56 Å². The fourth-order valence-corrected chi connectivity index (χ4v) is 1.46. The molecule has 0 bridgehead atoms. The van der Waals surface area contributed by atoms with Crippen LogP contribution in [0.15, 0.2) is 24.3 Å². The molecule has 5 heteroatoms. The number of carboxylic acids is 1. The quantitative estimate of drug-likeness (QED) is 0.845. The molecular formula is C11H12F2O3. The van der Waals surface area contributed by atoms with E-state index in [9.17, 15) is 13.6 Å². The van der Waals surface area contributed by atoms with Crippen LogP contribution in [0.25, 0.3) is 0 Å². The molecule has 3 nitrogen and oxygen atoms in total. The first kappa shape index (κ1) is 12.4. The highest BCUT2D eigenvalue weighted by atomic mass is 19.3. The maximum absolute atomic E-state index is 12.1. The molecule has 0 aliphatic carbocycles. The third kappa shape index (κ3) is 3.49. The van der Waals surface area contributed by atoms with Crippen molar-refractivity contribution in [1.82, 2.24) is 0 Å². The Hall–Kier alpha value is -1.65. The summed E-state index contributed by atoms with van der Waals surface area (Å²) in [4.78, 5) is 10.5. The van der Waals surface area contributed by atoms with Crippen molar-refractivity contribution in [2.75, 3.05) is 0 Å². The normalized spacial score (nSPS) is 12.5. The largest absolute Gasteiger partial charge is 0.481 e. The molecule has 0 amide bonds. The molecule has 0 aliphatic rings. The van der Waals surface area contributed by atoms with Gasteiger partial charge in [0, 0.05) is 0 Å². The number of alkyl halides is 2. The van der Waals surface area contributed by atoms with E-state index in [1.165, 1.54) is 6.07 Å². The Bertz CT molecular complexity index is 366. The molecule has 1 N–H and O–H groups in total. The van der Waals surface area contributed by atoms with Gasteiger partial charge in [-0.3, -0.25) is 4.79 Å². The minimum Gasteiger partial charge on any atom is -0.481 e. The van der Waals surface area contributed by atoms with Gasteiger partial charge < -0.3 is 9.84 Å². The summed E-state index contributed by atoms with van der Waals surface area (Å²) in [5.41, 5.74) is 0.477. The van der Waals surface area contributed by atoms with E-state index in [1.54, 1.807) is 25.1 Å². The number of aliphatic carboxylic acids is 1. The van der Waals surface area contributed by atoms with E-state index in [0.717, 1.165) is 0 Å². The van der Waals surface area contributed by atoms with E-state index in [-0.39, 0.29) is 18.1 Å². The van der Waals surface area contributed by atoms with Crippen LogP contribution < -0.4 is 4.74 Å². The van der Waals surface area contributed by atoms with Crippen LogP contribution >= 0.6 is 0 Å². The van der Waals surface area contributed by atoms with Gasteiger partial charge in [-0.15, -0.1) is 0 Å². The van der Waals surface area contributed by atoms with E-state index >= 15 is 0 Å². The van der Waals surface area contributed by atoms with Crippen molar-refractivity contribution in [3.8, 4) is 5.75 Å². The minimum absolute atomic E-state index is 0.0336. The zero-order valence-electron chi connectivity index (χ0n) is 8.69. The fourth-order valence-electron chi connectivity index (χ4n) is 1.46. The van der Waals surface area contributed by atoms with Gasteiger partial charge >= 0.3 is 12.6 Å². The molecule has 16 heavy (non-hydrogen) atoms. The number of halogens is 2. The summed E-state index contributed by atoms with van der Waals surface area (Å²) in [5.74, 6) is -1.31. The Labute approximate surface area is 91.7 Å². The van der Waals surface area contributed by atoms with Gasteiger partial charge in [-0.25, -0.2) is 0 Å². The summed E-state index contributed by atoms with van der Waals surface area (Å²) in [6, 6.07) is 6.21. The zero-order valence-corrected chi connectivity index (χ0v) is 8.69. The van der Waals surface area contributed by atoms with E-state index in [4.69, 9.17) is 5.11 Å². The average Bonchev–Trinajstić information content (AvgIpc) is 2.16.